The summed E-state index contributed by atoms with van der Waals surface area (Å²) in [5, 5.41) is 0. The van der Waals surface area contributed by atoms with Crippen molar-refractivity contribution < 1.29 is 21.6 Å². The molecule has 4 nitrogen and oxygen atoms in total. The molecule has 0 radical (unpaired) electrons. The highest BCUT2D eigenvalue weighted by Crippen LogP contribution is 2.22. The van der Waals surface area contributed by atoms with Crippen LogP contribution in [-0.4, -0.2) is 27.7 Å². The Labute approximate surface area is 101 Å². The number of nitrogens with one attached hydrogen (secondary N) is 1. The van der Waals surface area contributed by atoms with Crippen molar-refractivity contribution in [1.82, 2.24) is 4.72 Å². The van der Waals surface area contributed by atoms with E-state index in [0.717, 1.165) is 16.2 Å². The average Bonchev–Trinajstić information content (AvgIpc) is 2.64. The molecule has 0 bridgehead atoms. The third-order valence-corrected chi connectivity index (χ3v) is 4.79. The first-order valence-electron chi connectivity index (χ1n) is 4.60. The fourth-order valence-electron chi connectivity index (χ4n) is 1.03. The normalized spacial score (nSPS) is 12.9. The van der Waals surface area contributed by atoms with Gasteiger partial charge in [-0.05, 0) is 25.1 Å². The van der Waals surface area contributed by atoms with E-state index in [1.54, 1.807) is 6.07 Å². The summed E-state index contributed by atoms with van der Waals surface area (Å²) < 4.78 is 60.0. The van der Waals surface area contributed by atoms with Gasteiger partial charge in [0.15, 0.2) is 0 Å². The molecule has 0 aliphatic carbocycles. The zero-order valence-corrected chi connectivity index (χ0v) is 10.3. The summed E-state index contributed by atoms with van der Waals surface area (Å²) in [5.74, 6) is 0. The van der Waals surface area contributed by atoms with Gasteiger partial charge >= 0.3 is 6.18 Å². The second-order valence-corrected chi connectivity index (χ2v) is 6.36. The Morgan fingerprint density at radius 2 is 2.00 bits per heavy atom. The number of thiophene rings is 1. The minimum absolute atomic E-state index is 0.134. The molecule has 0 unspecified atom stereocenters. The largest absolute Gasteiger partial charge is 0.402 e. The van der Waals surface area contributed by atoms with Crippen LogP contribution >= 0.6 is 11.3 Å². The highest BCUT2D eigenvalue weighted by molar-refractivity contribution is 7.91. The highest BCUT2D eigenvalue weighted by Gasteiger charge is 2.30. The van der Waals surface area contributed by atoms with Gasteiger partial charge in [0.2, 0.25) is 10.0 Å². The molecule has 0 atom stereocenters. The van der Waals surface area contributed by atoms with Gasteiger partial charge in [-0.3, -0.25) is 0 Å². The molecular formula is C8H11F3N2O2S2. The summed E-state index contributed by atoms with van der Waals surface area (Å²) in [6.07, 6.45) is -4.07. The van der Waals surface area contributed by atoms with Gasteiger partial charge in [-0.2, -0.15) is 13.2 Å². The molecule has 0 aliphatic rings. The summed E-state index contributed by atoms with van der Waals surface area (Å²) in [6.45, 7) is -1.21. The van der Waals surface area contributed by atoms with Gasteiger partial charge in [0.25, 0.3) is 0 Å². The van der Waals surface area contributed by atoms with Crippen molar-refractivity contribution in [3.05, 3.63) is 17.0 Å². The van der Waals surface area contributed by atoms with Crippen molar-refractivity contribution >= 4 is 21.4 Å². The minimum atomic E-state index is -4.57. The van der Waals surface area contributed by atoms with Crippen molar-refractivity contribution in [2.75, 3.05) is 13.1 Å². The van der Waals surface area contributed by atoms with Crippen molar-refractivity contribution in [3.8, 4) is 0 Å². The van der Waals surface area contributed by atoms with E-state index < -0.39 is 22.7 Å². The maximum atomic E-state index is 11.9. The average molecular weight is 288 g/mol. The van der Waals surface area contributed by atoms with E-state index in [4.69, 9.17) is 5.73 Å². The van der Waals surface area contributed by atoms with Crippen LogP contribution in [0.1, 0.15) is 4.88 Å². The molecule has 98 valence electrons. The van der Waals surface area contributed by atoms with E-state index in [0.29, 0.717) is 13.0 Å². The van der Waals surface area contributed by atoms with Crippen LogP contribution in [-0.2, 0) is 16.4 Å². The third-order valence-electron chi connectivity index (χ3n) is 1.76. The molecule has 3 N–H and O–H groups in total. The number of hydrogen-bond donors (Lipinski definition) is 2. The number of halogens is 3. The molecule has 9 heteroatoms. The quantitative estimate of drug-likeness (QED) is 0.852. The Balaban J connectivity index is 2.75. The monoisotopic (exact) mass is 288 g/mol. The van der Waals surface area contributed by atoms with Gasteiger partial charge in [-0.1, -0.05) is 0 Å². The van der Waals surface area contributed by atoms with Crippen LogP contribution in [0.15, 0.2) is 16.3 Å². The van der Waals surface area contributed by atoms with E-state index in [9.17, 15) is 21.6 Å². The number of alkyl halides is 3. The standard InChI is InChI=1S/C8H11F3N2O2S2/c9-8(10,11)5-13-17(14,15)7-2-1-6(16-7)3-4-12/h1-2,13H,3-5,12H2. The lowest BCUT2D eigenvalue weighted by molar-refractivity contribution is -0.121. The number of hydrogen-bond acceptors (Lipinski definition) is 4. The van der Waals surface area contributed by atoms with Gasteiger partial charge < -0.3 is 5.73 Å². The highest BCUT2D eigenvalue weighted by atomic mass is 32.2. The lowest BCUT2D eigenvalue weighted by Gasteiger charge is -2.07. The number of sulfonamides is 1. The van der Waals surface area contributed by atoms with Crippen LogP contribution in [0.3, 0.4) is 0 Å². The number of nitrogens with two attached hydrogens (primary N) is 1. The fourth-order valence-corrected chi connectivity index (χ4v) is 3.46. The van der Waals surface area contributed by atoms with E-state index in [-0.39, 0.29) is 4.21 Å². The van der Waals surface area contributed by atoms with E-state index in [1.807, 2.05) is 0 Å². The molecule has 0 saturated carbocycles. The molecule has 0 fully saturated rings. The fraction of sp³-hybridized carbons (Fsp3) is 0.500. The predicted octanol–water partition coefficient (Wildman–Crippen LogP) is 1.09. The van der Waals surface area contributed by atoms with Crippen molar-refractivity contribution in [2.24, 2.45) is 5.73 Å². The molecule has 0 amide bonds. The predicted molar refractivity (Wildman–Crippen MR) is 58.3 cm³/mol. The summed E-state index contributed by atoms with van der Waals surface area (Å²) in [5.41, 5.74) is 5.29. The molecule has 0 saturated heterocycles. The van der Waals surface area contributed by atoms with Crippen LogP contribution in [0.25, 0.3) is 0 Å². The summed E-state index contributed by atoms with van der Waals surface area (Å²) in [6, 6.07) is 2.81. The van der Waals surface area contributed by atoms with Gasteiger partial charge in [0.05, 0.1) is 0 Å². The van der Waals surface area contributed by atoms with Crippen molar-refractivity contribution in [1.29, 1.82) is 0 Å². The summed E-state index contributed by atoms with van der Waals surface area (Å²) in [4.78, 5) is 0.722. The number of rotatable bonds is 5. The molecule has 17 heavy (non-hydrogen) atoms. The zero-order valence-electron chi connectivity index (χ0n) is 8.62. The molecule has 0 spiro atoms. The van der Waals surface area contributed by atoms with Crippen LogP contribution < -0.4 is 10.5 Å². The third kappa shape index (κ3) is 4.62. The van der Waals surface area contributed by atoms with Crippen molar-refractivity contribution in [2.45, 2.75) is 16.8 Å². The van der Waals surface area contributed by atoms with E-state index in [2.05, 4.69) is 0 Å². The SMILES string of the molecule is NCCc1ccc(S(=O)(=O)NCC(F)(F)F)s1. The topological polar surface area (TPSA) is 72.2 Å². The van der Waals surface area contributed by atoms with Crippen LogP contribution in [0.4, 0.5) is 13.2 Å². The Morgan fingerprint density at radius 1 is 1.35 bits per heavy atom. The second-order valence-electron chi connectivity index (χ2n) is 3.20. The van der Waals surface area contributed by atoms with E-state index >= 15 is 0 Å². The molecule has 1 aromatic heterocycles. The van der Waals surface area contributed by atoms with Gasteiger partial charge in [-0.15, -0.1) is 11.3 Å². The van der Waals surface area contributed by atoms with Crippen LogP contribution in [0, 0.1) is 0 Å². The van der Waals surface area contributed by atoms with Crippen molar-refractivity contribution in [3.63, 3.8) is 0 Å². The van der Waals surface area contributed by atoms with Gasteiger partial charge in [-0.25, -0.2) is 13.1 Å². The minimum Gasteiger partial charge on any atom is -0.330 e. The van der Waals surface area contributed by atoms with Crippen LogP contribution in [0.2, 0.25) is 0 Å². The Hall–Kier alpha value is -0.640. The smallest absolute Gasteiger partial charge is 0.330 e. The first-order valence-corrected chi connectivity index (χ1v) is 6.90. The molecule has 1 aromatic rings. The van der Waals surface area contributed by atoms with Crippen LogP contribution in [0.5, 0.6) is 0 Å². The molecule has 0 aliphatic heterocycles. The Morgan fingerprint density at radius 3 is 2.53 bits per heavy atom. The molecule has 1 heterocycles. The van der Waals surface area contributed by atoms with Gasteiger partial charge in [0.1, 0.15) is 10.8 Å². The zero-order chi connectivity index (χ0) is 13.1. The molecule has 0 aromatic carbocycles. The maximum Gasteiger partial charge on any atom is 0.402 e. The summed E-state index contributed by atoms with van der Waals surface area (Å²) in [7, 11) is -4.08. The second kappa shape index (κ2) is 5.34. The Bertz CT molecular complexity index is 467. The lowest BCUT2D eigenvalue weighted by Crippen LogP contribution is -2.33. The first-order chi connectivity index (χ1) is 7.74. The van der Waals surface area contributed by atoms with Gasteiger partial charge in [0, 0.05) is 4.88 Å². The lowest BCUT2D eigenvalue weighted by atomic mass is 10.3. The Kier molecular flexibility index (Phi) is 4.53. The summed E-state index contributed by atoms with van der Waals surface area (Å²) >= 11 is 0.917. The molecular weight excluding hydrogens is 277 g/mol. The first kappa shape index (κ1) is 14.4. The van der Waals surface area contributed by atoms with E-state index in [1.165, 1.54) is 10.8 Å². The maximum absolute atomic E-state index is 11.9. The molecule has 1 rings (SSSR count).